The van der Waals surface area contributed by atoms with Crippen LogP contribution < -0.4 is 5.32 Å². The van der Waals surface area contributed by atoms with E-state index in [4.69, 9.17) is 14.5 Å². The molecule has 174 valence electrons. The molecular formula is C23H34F3N3O2. The molecule has 0 spiro atoms. The fourth-order valence-electron chi connectivity index (χ4n) is 4.37. The summed E-state index contributed by atoms with van der Waals surface area (Å²) in [6.45, 7) is 6.95. The second-order valence-corrected chi connectivity index (χ2v) is 8.55. The number of benzene rings is 1. The highest BCUT2D eigenvalue weighted by Gasteiger charge is 2.40. The van der Waals surface area contributed by atoms with E-state index in [0.29, 0.717) is 32.3 Å². The van der Waals surface area contributed by atoms with E-state index in [2.05, 4.69) is 10.2 Å². The van der Waals surface area contributed by atoms with Crippen LogP contribution in [0.1, 0.15) is 43.7 Å². The minimum absolute atomic E-state index is 0.301. The first-order valence-electron chi connectivity index (χ1n) is 11.2. The highest BCUT2D eigenvalue weighted by atomic mass is 19.4. The summed E-state index contributed by atoms with van der Waals surface area (Å²) in [5.41, 5.74) is -0.133. The van der Waals surface area contributed by atoms with Gasteiger partial charge in [-0.3, -0.25) is 4.99 Å². The molecule has 0 aromatic heterocycles. The third kappa shape index (κ3) is 6.13. The molecule has 0 amide bonds. The first-order valence-corrected chi connectivity index (χ1v) is 11.2. The average Bonchev–Trinajstić information content (AvgIpc) is 3.18. The lowest BCUT2D eigenvalue weighted by molar-refractivity contribution is -0.137. The molecule has 1 heterocycles. The largest absolute Gasteiger partial charge is 0.416 e. The third-order valence-corrected chi connectivity index (χ3v) is 6.35. The molecule has 3 rings (SSSR count). The second-order valence-electron chi connectivity index (χ2n) is 8.55. The van der Waals surface area contributed by atoms with Crippen LogP contribution in [0.3, 0.4) is 0 Å². The van der Waals surface area contributed by atoms with E-state index in [-0.39, 0.29) is 5.41 Å². The van der Waals surface area contributed by atoms with Gasteiger partial charge in [0.2, 0.25) is 0 Å². The van der Waals surface area contributed by atoms with Gasteiger partial charge in [0, 0.05) is 38.1 Å². The number of nitrogens with zero attached hydrogens (tertiary/aromatic N) is 2. The molecule has 1 aromatic carbocycles. The lowest BCUT2D eigenvalue weighted by atomic mass is 9.64. The summed E-state index contributed by atoms with van der Waals surface area (Å²) in [4.78, 5) is 7.13. The van der Waals surface area contributed by atoms with E-state index in [1.54, 1.807) is 7.11 Å². The Hall–Kier alpha value is -1.80. The van der Waals surface area contributed by atoms with Gasteiger partial charge in [-0.05, 0) is 37.8 Å². The van der Waals surface area contributed by atoms with Crippen molar-refractivity contribution in [2.45, 2.75) is 44.2 Å². The van der Waals surface area contributed by atoms with Crippen LogP contribution in [0.5, 0.6) is 0 Å². The number of rotatable bonds is 9. The van der Waals surface area contributed by atoms with Gasteiger partial charge in [-0.25, -0.2) is 0 Å². The minimum atomic E-state index is -4.32. The quantitative estimate of drug-likeness (QED) is 0.356. The summed E-state index contributed by atoms with van der Waals surface area (Å²) in [6, 6.07) is 5.79. The van der Waals surface area contributed by atoms with Gasteiger partial charge in [-0.15, -0.1) is 0 Å². The number of alkyl halides is 3. The van der Waals surface area contributed by atoms with Crippen molar-refractivity contribution in [2.24, 2.45) is 10.9 Å². The number of likely N-dealkylation sites (tertiary alicyclic amines) is 1. The standard InChI is InChI=1S/C23H34F3N3O2/c1-3-27-21(29-11-8-18(15-29)16-31-13-12-30-2)28-17-22(9-5-10-22)19-6-4-7-20(14-19)23(24,25)26/h4,6-7,14,18H,3,5,8-13,15-17H2,1-2H3,(H,27,28). The third-order valence-electron chi connectivity index (χ3n) is 6.35. The molecule has 1 aliphatic carbocycles. The zero-order valence-corrected chi connectivity index (χ0v) is 18.5. The number of aliphatic imine (C=N–C) groups is 1. The van der Waals surface area contributed by atoms with Crippen molar-refractivity contribution in [1.29, 1.82) is 0 Å². The van der Waals surface area contributed by atoms with E-state index in [1.165, 1.54) is 12.1 Å². The molecule has 1 aromatic rings. The molecule has 0 bridgehead atoms. The van der Waals surface area contributed by atoms with Crippen LogP contribution in [0.15, 0.2) is 29.3 Å². The van der Waals surface area contributed by atoms with Crippen molar-refractivity contribution in [2.75, 3.05) is 53.1 Å². The minimum Gasteiger partial charge on any atom is -0.382 e. The Morgan fingerprint density at radius 3 is 2.74 bits per heavy atom. The van der Waals surface area contributed by atoms with Gasteiger partial charge in [0.15, 0.2) is 5.96 Å². The Labute approximate surface area is 183 Å². The van der Waals surface area contributed by atoms with Gasteiger partial charge in [-0.2, -0.15) is 13.2 Å². The zero-order chi connectivity index (χ0) is 22.3. The molecular weight excluding hydrogens is 407 g/mol. The number of halogens is 3. The molecule has 2 aliphatic rings. The van der Waals surface area contributed by atoms with E-state index in [0.717, 1.165) is 62.9 Å². The molecule has 1 N–H and O–H groups in total. The number of methoxy groups -OCH3 is 1. The van der Waals surface area contributed by atoms with E-state index >= 15 is 0 Å². The summed E-state index contributed by atoms with van der Waals surface area (Å²) in [7, 11) is 1.66. The van der Waals surface area contributed by atoms with Crippen molar-refractivity contribution in [3.8, 4) is 0 Å². The molecule has 1 aliphatic heterocycles. The maximum atomic E-state index is 13.2. The molecule has 8 heteroatoms. The Bertz CT molecular complexity index is 735. The van der Waals surface area contributed by atoms with Crippen LogP contribution in [0, 0.1) is 5.92 Å². The van der Waals surface area contributed by atoms with Crippen LogP contribution in [-0.2, 0) is 21.1 Å². The van der Waals surface area contributed by atoms with Gasteiger partial charge in [0.1, 0.15) is 0 Å². The Balaban J connectivity index is 1.67. The summed E-state index contributed by atoms with van der Waals surface area (Å²) in [6.07, 6.45) is -0.529. The number of nitrogens with one attached hydrogen (secondary N) is 1. The highest BCUT2D eigenvalue weighted by molar-refractivity contribution is 5.80. The van der Waals surface area contributed by atoms with Crippen LogP contribution in [0.25, 0.3) is 0 Å². The summed E-state index contributed by atoms with van der Waals surface area (Å²) < 4.78 is 50.3. The van der Waals surface area contributed by atoms with E-state index < -0.39 is 11.7 Å². The van der Waals surface area contributed by atoms with Crippen LogP contribution in [-0.4, -0.2) is 64.0 Å². The van der Waals surface area contributed by atoms with Crippen LogP contribution >= 0.6 is 0 Å². The van der Waals surface area contributed by atoms with Gasteiger partial charge in [0.25, 0.3) is 0 Å². The molecule has 1 atom stereocenters. The number of ether oxygens (including phenoxy) is 2. The monoisotopic (exact) mass is 441 g/mol. The van der Waals surface area contributed by atoms with Crippen molar-refractivity contribution in [1.82, 2.24) is 10.2 Å². The molecule has 5 nitrogen and oxygen atoms in total. The van der Waals surface area contributed by atoms with Gasteiger partial charge in [-0.1, -0.05) is 24.6 Å². The SMILES string of the molecule is CCNC(=NCC1(c2cccc(C(F)(F)F)c2)CCC1)N1CCC(COCCOC)C1. The zero-order valence-electron chi connectivity index (χ0n) is 18.5. The molecule has 1 saturated heterocycles. The summed E-state index contributed by atoms with van der Waals surface area (Å²) in [5.74, 6) is 1.29. The first-order chi connectivity index (χ1) is 14.9. The van der Waals surface area contributed by atoms with Crippen molar-refractivity contribution in [3.63, 3.8) is 0 Å². The highest BCUT2D eigenvalue weighted by Crippen LogP contribution is 2.45. The maximum absolute atomic E-state index is 13.2. The fourth-order valence-corrected chi connectivity index (χ4v) is 4.37. The predicted molar refractivity (Wildman–Crippen MR) is 115 cm³/mol. The number of guanidine groups is 1. The normalized spacial score (nSPS) is 21.3. The fraction of sp³-hybridized carbons (Fsp3) is 0.696. The Morgan fingerprint density at radius 1 is 1.29 bits per heavy atom. The smallest absolute Gasteiger partial charge is 0.382 e. The first kappa shape index (κ1) is 23.9. The van der Waals surface area contributed by atoms with E-state index in [9.17, 15) is 13.2 Å². The lowest BCUT2D eigenvalue weighted by Crippen LogP contribution is -2.43. The molecule has 2 fully saturated rings. The second kappa shape index (κ2) is 10.7. The molecule has 1 saturated carbocycles. The van der Waals surface area contributed by atoms with Gasteiger partial charge in [0.05, 0.1) is 31.9 Å². The average molecular weight is 442 g/mol. The Kier molecular flexibility index (Phi) is 8.22. The van der Waals surface area contributed by atoms with Crippen molar-refractivity contribution >= 4 is 5.96 Å². The predicted octanol–water partition coefficient (Wildman–Crippen LogP) is 4.08. The Morgan fingerprint density at radius 2 is 2.10 bits per heavy atom. The number of hydrogen-bond donors (Lipinski definition) is 1. The van der Waals surface area contributed by atoms with E-state index in [1.807, 2.05) is 13.0 Å². The van der Waals surface area contributed by atoms with Crippen LogP contribution in [0.2, 0.25) is 0 Å². The maximum Gasteiger partial charge on any atom is 0.416 e. The van der Waals surface area contributed by atoms with Gasteiger partial charge < -0.3 is 19.7 Å². The topological polar surface area (TPSA) is 46.1 Å². The summed E-state index contributed by atoms with van der Waals surface area (Å²) in [5, 5.41) is 3.36. The summed E-state index contributed by atoms with van der Waals surface area (Å²) >= 11 is 0. The number of hydrogen-bond acceptors (Lipinski definition) is 3. The van der Waals surface area contributed by atoms with Crippen LogP contribution in [0.4, 0.5) is 13.2 Å². The lowest BCUT2D eigenvalue weighted by Gasteiger charge is -2.42. The van der Waals surface area contributed by atoms with Gasteiger partial charge >= 0.3 is 6.18 Å². The molecule has 31 heavy (non-hydrogen) atoms. The van der Waals surface area contributed by atoms with Crippen molar-refractivity contribution < 1.29 is 22.6 Å². The van der Waals surface area contributed by atoms with Crippen molar-refractivity contribution in [3.05, 3.63) is 35.4 Å². The molecule has 1 unspecified atom stereocenters. The molecule has 0 radical (unpaired) electrons.